The van der Waals surface area contributed by atoms with Gasteiger partial charge in [-0.2, -0.15) is 0 Å². The molecule has 1 aromatic rings. The highest BCUT2D eigenvalue weighted by atomic mass is 35.5. The molecule has 5 heteroatoms. The second kappa shape index (κ2) is 16.5. The topological polar surface area (TPSA) is 48.8 Å². The van der Waals surface area contributed by atoms with E-state index in [2.05, 4.69) is 21.1 Å². The monoisotopic (exact) mass is 329 g/mol. The average Bonchev–Trinajstić information content (AvgIpc) is 3.01. The molecule has 4 nitrogen and oxygen atoms in total. The predicted molar refractivity (Wildman–Crippen MR) is 86.1 cm³/mol. The number of nitrogens with one attached hydrogen (secondary N) is 2. The van der Waals surface area contributed by atoms with E-state index in [0.29, 0.717) is 0 Å². The van der Waals surface area contributed by atoms with Crippen LogP contribution in [0, 0.1) is 0 Å². The third-order valence-corrected chi connectivity index (χ3v) is 3.82. The van der Waals surface area contributed by atoms with Crippen molar-refractivity contribution in [3.05, 3.63) is 18.7 Å². The standard InChI is InChI=1S/C17H31N3O.ClH/c21-16-10-8-6-4-2-1-3-5-7-9-11-18-12-14-20-15-13-19-17-20;/h13,15-18H,1-12,14H2;1H. The Bertz CT molecular complexity index is 331. The van der Waals surface area contributed by atoms with Crippen LogP contribution in [-0.2, 0) is 11.3 Å². The fourth-order valence-corrected chi connectivity index (χ4v) is 2.51. The lowest BCUT2D eigenvalue weighted by Crippen LogP contribution is -3.00. The van der Waals surface area contributed by atoms with Gasteiger partial charge in [0.1, 0.15) is 25.2 Å². The Balaban J connectivity index is 0.00000441. The Morgan fingerprint density at radius 2 is 1.55 bits per heavy atom. The van der Waals surface area contributed by atoms with Gasteiger partial charge >= 0.3 is 0 Å². The summed E-state index contributed by atoms with van der Waals surface area (Å²) in [6, 6.07) is 0. The van der Waals surface area contributed by atoms with E-state index in [9.17, 15) is 4.79 Å². The maximum absolute atomic E-state index is 10.2. The van der Waals surface area contributed by atoms with Crippen LogP contribution in [-0.4, -0.2) is 24.4 Å². The molecule has 128 valence electrons. The number of aromatic amines is 1. The first kappa shape index (κ1) is 21.1. The first-order valence-electron chi connectivity index (χ1n) is 8.59. The van der Waals surface area contributed by atoms with Crippen molar-refractivity contribution in [2.75, 3.05) is 13.1 Å². The Morgan fingerprint density at radius 3 is 2.14 bits per heavy atom. The van der Waals surface area contributed by atoms with E-state index in [-0.39, 0.29) is 12.4 Å². The molecule has 2 N–H and O–H groups in total. The number of nitrogens with zero attached hydrogens (tertiary/aromatic N) is 1. The zero-order valence-electron chi connectivity index (χ0n) is 13.7. The number of carbonyl (C=O) groups is 1. The summed E-state index contributed by atoms with van der Waals surface area (Å²) >= 11 is 0. The number of hydrogen-bond acceptors (Lipinski definition) is 2. The van der Waals surface area contributed by atoms with E-state index in [1.807, 2.05) is 12.5 Å². The summed E-state index contributed by atoms with van der Waals surface area (Å²) in [7, 11) is 0. The summed E-state index contributed by atoms with van der Waals surface area (Å²) in [5.74, 6) is 0. The van der Waals surface area contributed by atoms with Gasteiger partial charge in [0.2, 0.25) is 6.33 Å². The molecule has 0 unspecified atom stereocenters. The Kier molecular flexibility index (Phi) is 15.8. The van der Waals surface area contributed by atoms with E-state index in [1.165, 1.54) is 51.4 Å². The second-order valence-electron chi connectivity index (χ2n) is 5.74. The van der Waals surface area contributed by atoms with Gasteiger partial charge in [0.15, 0.2) is 0 Å². The molecular formula is C17H32ClN3O. The van der Waals surface area contributed by atoms with Crippen LogP contribution in [0.5, 0.6) is 0 Å². The van der Waals surface area contributed by atoms with Crippen LogP contribution in [0.15, 0.2) is 18.7 Å². The van der Waals surface area contributed by atoms with Gasteiger partial charge in [0.05, 0.1) is 0 Å². The third-order valence-electron chi connectivity index (χ3n) is 3.82. The number of carbonyl (C=O) groups excluding carboxylic acids is 1. The third kappa shape index (κ3) is 12.8. The molecule has 0 amide bonds. The average molecular weight is 330 g/mol. The molecule has 0 bridgehead atoms. The van der Waals surface area contributed by atoms with Gasteiger partial charge in [0, 0.05) is 13.0 Å². The Morgan fingerprint density at radius 1 is 0.909 bits per heavy atom. The summed E-state index contributed by atoms with van der Waals surface area (Å²) < 4.78 is 2.15. The first-order chi connectivity index (χ1) is 10.4. The quantitative estimate of drug-likeness (QED) is 0.270. The number of halogens is 1. The lowest BCUT2D eigenvalue weighted by molar-refractivity contribution is -0.693. The molecule has 0 spiro atoms. The number of H-pyrrole nitrogens is 1. The second-order valence-corrected chi connectivity index (χ2v) is 5.74. The van der Waals surface area contributed by atoms with E-state index in [1.54, 1.807) is 0 Å². The van der Waals surface area contributed by atoms with Gasteiger partial charge in [-0.3, -0.25) is 4.98 Å². The van der Waals surface area contributed by atoms with Gasteiger partial charge in [-0.15, -0.1) is 0 Å². The summed E-state index contributed by atoms with van der Waals surface area (Å²) in [6.45, 7) is 3.22. The number of hydrogen-bond donors (Lipinski definition) is 2. The molecule has 0 aliphatic heterocycles. The van der Waals surface area contributed by atoms with Crippen LogP contribution in [0.2, 0.25) is 0 Å². The molecule has 0 radical (unpaired) electrons. The minimum atomic E-state index is 0. The van der Waals surface area contributed by atoms with Crippen molar-refractivity contribution in [3.63, 3.8) is 0 Å². The van der Waals surface area contributed by atoms with Crippen molar-refractivity contribution in [1.29, 1.82) is 0 Å². The van der Waals surface area contributed by atoms with Crippen molar-refractivity contribution >= 4 is 6.29 Å². The highest BCUT2D eigenvalue weighted by molar-refractivity contribution is 5.48. The Hall–Kier alpha value is -0.870. The normalized spacial score (nSPS) is 10.4. The number of aromatic nitrogens is 2. The van der Waals surface area contributed by atoms with E-state index in [0.717, 1.165) is 38.8 Å². The number of rotatable bonds is 15. The molecule has 0 saturated carbocycles. The highest BCUT2D eigenvalue weighted by Gasteiger charge is 1.96. The minimum Gasteiger partial charge on any atom is -1.00 e. The molecule has 1 heterocycles. The van der Waals surface area contributed by atoms with Crippen LogP contribution in [0.3, 0.4) is 0 Å². The number of imidazole rings is 1. The number of unbranched alkanes of at least 4 members (excludes halogenated alkanes) is 9. The largest absolute Gasteiger partial charge is 1.00 e. The smallest absolute Gasteiger partial charge is 0.241 e. The van der Waals surface area contributed by atoms with Crippen molar-refractivity contribution in [3.8, 4) is 0 Å². The summed E-state index contributed by atoms with van der Waals surface area (Å²) in [5, 5.41) is 3.49. The van der Waals surface area contributed by atoms with Gasteiger partial charge < -0.3 is 22.5 Å². The van der Waals surface area contributed by atoms with Crippen molar-refractivity contribution < 1.29 is 21.8 Å². The zero-order valence-corrected chi connectivity index (χ0v) is 14.5. The SMILES string of the molecule is O=CCCCCCCCCCCCNCC[n+]1cc[nH]c1.[Cl-]. The number of aldehydes is 1. The fraction of sp³-hybridized carbons (Fsp3) is 0.765. The fourth-order valence-electron chi connectivity index (χ4n) is 2.51. The molecule has 0 saturated heterocycles. The van der Waals surface area contributed by atoms with E-state index >= 15 is 0 Å². The lowest BCUT2D eigenvalue weighted by atomic mass is 10.1. The predicted octanol–water partition coefficient (Wildman–Crippen LogP) is -0.00430. The molecule has 0 aliphatic rings. The first-order valence-corrected chi connectivity index (χ1v) is 8.59. The lowest BCUT2D eigenvalue weighted by Gasteiger charge is -2.04. The molecular weight excluding hydrogens is 298 g/mol. The van der Waals surface area contributed by atoms with E-state index < -0.39 is 0 Å². The van der Waals surface area contributed by atoms with Crippen LogP contribution in [0.4, 0.5) is 0 Å². The molecule has 0 aliphatic carbocycles. The molecule has 1 aromatic heterocycles. The molecule has 1 rings (SSSR count). The molecule has 0 aromatic carbocycles. The van der Waals surface area contributed by atoms with Crippen LogP contribution < -0.4 is 22.3 Å². The maximum Gasteiger partial charge on any atom is 0.241 e. The molecule has 0 atom stereocenters. The summed E-state index contributed by atoms with van der Waals surface area (Å²) in [4.78, 5) is 13.2. The zero-order chi connectivity index (χ0) is 15.0. The van der Waals surface area contributed by atoms with Crippen molar-refractivity contribution in [2.45, 2.75) is 70.8 Å². The van der Waals surface area contributed by atoms with Gasteiger partial charge in [-0.25, -0.2) is 4.57 Å². The van der Waals surface area contributed by atoms with Gasteiger partial charge in [-0.1, -0.05) is 44.9 Å². The van der Waals surface area contributed by atoms with Crippen LogP contribution in [0.25, 0.3) is 0 Å². The summed E-state index contributed by atoms with van der Waals surface area (Å²) in [6.07, 6.45) is 19.4. The van der Waals surface area contributed by atoms with Crippen LogP contribution >= 0.6 is 0 Å². The minimum absolute atomic E-state index is 0. The Labute approximate surface area is 141 Å². The molecule has 22 heavy (non-hydrogen) atoms. The maximum atomic E-state index is 10.2. The summed E-state index contributed by atoms with van der Waals surface area (Å²) in [5.41, 5.74) is 0. The van der Waals surface area contributed by atoms with Gasteiger partial charge in [0.25, 0.3) is 0 Å². The van der Waals surface area contributed by atoms with E-state index in [4.69, 9.17) is 0 Å². The van der Waals surface area contributed by atoms with Gasteiger partial charge in [-0.05, 0) is 19.4 Å². The molecule has 0 fully saturated rings. The highest BCUT2D eigenvalue weighted by Crippen LogP contribution is 2.09. The van der Waals surface area contributed by atoms with Crippen molar-refractivity contribution in [2.24, 2.45) is 0 Å². The van der Waals surface area contributed by atoms with Crippen molar-refractivity contribution in [1.82, 2.24) is 10.3 Å². The van der Waals surface area contributed by atoms with Crippen LogP contribution in [0.1, 0.15) is 64.2 Å².